The average molecular weight is 426 g/mol. The number of benzene rings is 1. The van der Waals surface area contributed by atoms with Crippen molar-refractivity contribution in [3.05, 3.63) is 42.2 Å². The first-order chi connectivity index (χ1) is 15.1. The molecule has 2 fully saturated rings. The van der Waals surface area contributed by atoms with Gasteiger partial charge in [-0.3, -0.25) is 9.59 Å². The minimum absolute atomic E-state index is 0.0263. The molecule has 0 N–H and O–H groups in total. The summed E-state index contributed by atoms with van der Waals surface area (Å²) >= 11 is 0. The summed E-state index contributed by atoms with van der Waals surface area (Å²) in [5.74, 6) is -0.213. The quantitative estimate of drug-likeness (QED) is 0.623. The van der Waals surface area contributed by atoms with Gasteiger partial charge in [-0.25, -0.2) is 9.48 Å². The van der Waals surface area contributed by atoms with Crippen molar-refractivity contribution < 1.29 is 23.9 Å². The van der Waals surface area contributed by atoms with Gasteiger partial charge in [0.05, 0.1) is 18.5 Å². The first-order valence-corrected chi connectivity index (χ1v) is 10.6. The average Bonchev–Trinajstić information content (AvgIpc) is 3.57. The molecule has 4 rings (SSSR count). The Morgan fingerprint density at radius 3 is 2.35 bits per heavy atom. The standard InChI is InChI=1S/C22H26N4O5/c1-2-30-22(29)20-18(14-26(23-20)17-6-4-3-5-7-17)31-15-19(27)24-10-12-25(13-11-24)21(28)16-8-9-16/h3-7,14,16H,2,8-13,15H2,1H3. The highest BCUT2D eigenvalue weighted by Gasteiger charge is 2.35. The van der Waals surface area contributed by atoms with E-state index in [4.69, 9.17) is 9.47 Å². The van der Waals surface area contributed by atoms with Crippen molar-refractivity contribution in [3.8, 4) is 11.4 Å². The first kappa shape index (κ1) is 20.9. The number of para-hydroxylation sites is 1. The molecule has 164 valence electrons. The molecule has 1 saturated carbocycles. The molecule has 1 saturated heterocycles. The number of hydrogen-bond donors (Lipinski definition) is 0. The summed E-state index contributed by atoms with van der Waals surface area (Å²) in [7, 11) is 0. The van der Waals surface area contributed by atoms with Gasteiger partial charge in [-0.2, -0.15) is 5.10 Å². The number of piperazine rings is 1. The van der Waals surface area contributed by atoms with Gasteiger partial charge >= 0.3 is 5.97 Å². The molecule has 0 spiro atoms. The van der Waals surface area contributed by atoms with Crippen molar-refractivity contribution >= 4 is 17.8 Å². The summed E-state index contributed by atoms with van der Waals surface area (Å²) in [6.45, 7) is 3.75. The van der Waals surface area contributed by atoms with Crippen LogP contribution in [0.3, 0.4) is 0 Å². The van der Waals surface area contributed by atoms with Gasteiger partial charge in [0, 0.05) is 32.1 Å². The van der Waals surface area contributed by atoms with Crippen molar-refractivity contribution in [2.45, 2.75) is 19.8 Å². The van der Waals surface area contributed by atoms with Crippen molar-refractivity contribution in [1.82, 2.24) is 19.6 Å². The Hall–Kier alpha value is -3.36. The Bertz CT molecular complexity index is 946. The molecule has 1 aliphatic heterocycles. The maximum atomic E-state index is 12.6. The van der Waals surface area contributed by atoms with E-state index in [1.807, 2.05) is 35.2 Å². The number of amides is 2. The lowest BCUT2D eigenvalue weighted by atomic mass is 10.2. The largest absolute Gasteiger partial charge is 0.480 e. The number of rotatable bonds is 7. The predicted molar refractivity (Wildman–Crippen MR) is 111 cm³/mol. The van der Waals surface area contributed by atoms with E-state index >= 15 is 0 Å². The summed E-state index contributed by atoms with van der Waals surface area (Å²) in [6, 6.07) is 9.29. The van der Waals surface area contributed by atoms with E-state index in [0.29, 0.717) is 26.2 Å². The van der Waals surface area contributed by atoms with Crippen LogP contribution in [0.5, 0.6) is 5.75 Å². The molecule has 9 nitrogen and oxygen atoms in total. The number of carbonyl (C=O) groups is 3. The van der Waals surface area contributed by atoms with E-state index in [0.717, 1.165) is 18.5 Å². The van der Waals surface area contributed by atoms with Gasteiger partial charge in [-0.1, -0.05) is 18.2 Å². The lowest BCUT2D eigenvalue weighted by Gasteiger charge is -2.34. The zero-order valence-corrected chi connectivity index (χ0v) is 17.5. The number of esters is 1. The SMILES string of the molecule is CCOC(=O)c1nn(-c2ccccc2)cc1OCC(=O)N1CCN(C(=O)C2CC2)CC1. The highest BCUT2D eigenvalue weighted by Crippen LogP contribution is 2.31. The van der Waals surface area contributed by atoms with Gasteiger partial charge in [0.1, 0.15) is 0 Å². The van der Waals surface area contributed by atoms with E-state index in [2.05, 4.69) is 5.10 Å². The van der Waals surface area contributed by atoms with E-state index in [1.165, 1.54) is 4.68 Å². The van der Waals surface area contributed by atoms with Crippen LogP contribution >= 0.6 is 0 Å². The minimum Gasteiger partial charge on any atom is -0.480 e. The minimum atomic E-state index is -0.605. The Labute approximate surface area is 180 Å². The molecule has 2 heterocycles. The van der Waals surface area contributed by atoms with Crippen LogP contribution in [-0.2, 0) is 14.3 Å². The van der Waals surface area contributed by atoms with E-state index in [-0.39, 0.29) is 42.4 Å². The summed E-state index contributed by atoms with van der Waals surface area (Å²) in [6.07, 6.45) is 3.53. The molecule has 1 aromatic heterocycles. The number of hydrogen-bond acceptors (Lipinski definition) is 6. The molecule has 0 bridgehead atoms. The van der Waals surface area contributed by atoms with Crippen LogP contribution in [0.15, 0.2) is 36.5 Å². The fraction of sp³-hybridized carbons (Fsp3) is 0.455. The molecule has 0 atom stereocenters. The van der Waals surface area contributed by atoms with E-state index in [1.54, 1.807) is 18.0 Å². The maximum Gasteiger partial charge on any atom is 0.362 e. The van der Waals surface area contributed by atoms with Gasteiger partial charge in [-0.15, -0.1) is 0 Å². The molecule has 2 aromatic rings. The number of carbonyl (C=O) groups excluding carboxylic acids is 3. The number of ether oxygens (including phenoxy) is 2. The highest BCUT2D eigenvalue weighted by atomic mass is 16.5. The molecule has 0 radical (unpaired) electrons. The Morgan fingerprint density at radius 2 is 1.71 bits per heavy atom. The molecule has 31 heavy (non-hydrogen) atoms. The third-order valence-corrected chi connectivity index (χ3v) is 5.39. The third-order valence-electron chi connectivity index (χ3n) is 5.39. The normalized spacial score (nSPS) is 16.2. The Kier molecular flexibility index (Phi) is 6.20. The molecular formula is C22H26N4O5. The van der Waals surface area contributed by atoms with Gasteiger partial charge in [-0.05, 0) is 31.9 Å². The van der Waals surface area contributed by atoms with Crippen LogP contribution in [0.1, 0.15) is 30.3 Å². The lowest BCUT2D eigenvalue weighted by Crippen LogP contribution is -2.52. The Balaban J connectivity index is 1.39. The van der Waals surface area contributed by atoms with Gasteiger partial charge in [0.2, 0.25) is 11.6 Å². The fourth-order valence-electron chi connectivity index (χ4n) is 3.51. The van der Waals surface area contributed by atoms with Gasteiger partial charge in [0.15, 0.2) is 12.4 Å². The lowest BCUT2D eigenvalue weighted by molar-refractivity contribution is -0.141. The molecule has 0 unspecified atom stereocenters. The van der Waals surface area contributed by atoms with Crippen LogP contribution in [0.25, 0.3) is 5.69 Å². The maximum absolute atomic E-state index is 12.6. The van der Waals surface area contributed by atoms with E-state index < -0.39 is 5.97 Å². The second-order valence-electron chi connectivity index (χ2n) is 7.61. The smallest absolute Gasteiger partial charge is 0.362 e. The fourth-order valence-corrected chi connectivity index (χ4v) is 3.51. The number of nitrogens with zero attached hydrogens (tertiary/aromatic N) is 4. The van der Waals surface area contributed by atoms with E-state index in [9.17, 15) is 14.4 Å². The van der Waals surface area contributed by atoms with Crippen LogP contribution < -0.4 is 4.74 Å². The second kappa shape index (κ2) is 9.20. The summed E-state index contributed by atoms with van der Waals surface area (Å²) in [5, 5.41) is 4.29. The van der Waals surface area contributed by atoms with Crippen LogP contribution in [0.2, 0.25) is 0 Å². The Morgan fingerprint density at radius 1 is 1.03 bits per heavy atom. The number of aromatic nitrogens is 2. The zero-order valence-electron chi connectivity index (χ0n) is 17.5. The molecule has 2 aliphatic rings. The van der Waals surface area contributed by atoms with Crippen molar-refractivity contribution in [1.29, 1.82) is 0 Å². The van der Waals surface area contributed by atoms with Crippen LogP contribution in [0, 0.1) is 5.92 Å². The van der Waals surface area contributed by atoms with Crippen LogP contribution in [0.4, 0.5) is 0 Å². The van der Waals surface area contributed by atoms with Crippen molar-refractivity contribution in [2.24, 2.45) is 5.92 Å². The van der Waals surface area contributed by atoms with Gasteiger partial charge in [0.25, 0.3) is 5.91 Å². The molecule has 1 aromatic carbocycles. The summed E-state index contributed by atoms with van der Waals surface area (Å²) in [5.41, 5.74) is 0.782. The summed E-state index contributed by atoms with van der Waals surface area (Å²) < 4.78 is 12.3. The molecular weight excluding hydrogens is 400 g/mol. The zero-order chi connectivity index (χ0) is 21.8. The van der Waals surface area contributed by atoms with Crippen molar-refractivity contribution in [3.63, 3.8) is 0 Å². The first-order valence-electron chi connectivity index (χ1n) is 10.6. The predicted octanol–water partition coefficient (Wildman–Crippen LogP) is 1.51. The highest BCUT2D eigenvalue weighted by molar-refractivity contribution is 5.90. The van der Waals surface area contributed by atoms with Crippen molar-refractivity contribution in [2.75, 3.05) is 39.4 Å². The monoisotopic (exact) mass is 426 g/mol. The molecule has 2 amide bonds. The topological polar surface area (TPSA) is 94.0 Å². The molecule has 1 aliphatic carbocycles. The van der Waals surface area contributed by atoms with Crippen LogP contribution in [-0.4, -0.2) is 76.8 Å². The van der Waals surface area contributed by atoms with Gasteiger partial charge < -0.3 is 19.3 Å². The molecule has 9 heteroatoms. The third kappa shape index (κ3) is 4.87. The second-order valence-corrected chi connectivity index (χ2v) is 7.61. The summed E-state index contributed by atoms with van der Waals surface area (Å²) in [4.78, 5) is 40.6.